The molecule has 1 aliphatic rings. The van der Waals surface area contributed by atoms with Crippen LogP contribution in [-0.4, -0.2) is 57.0 Å². The Kier molecular flexibility index (Phi) is 4.21. The molecule has 0 aromatic carbocycles. The predicted octanol–water partition coefficient (Wildman–Crippen LogP) is -0.200. The number of aromatic nitrogens is 2. The van der Waals surface area contributed by atoms with Gasteiger partial charge in [-0.05, 0) is 13.8 Å². The summed E-state index contributed by atoms with van der Waals surface area (Å²) in [7, 11) is 1.98. The first-order chi connectivity index (χ1) is 8.99. The van der Waals surface area contributed by atoms with Crippen LogP contribution >= 0.6 is 0 Å². The zero-order valence-electron chi connectivity index (χ0n) is 11.9. The molecule has 2 rings (SSSR count). The highest BCUT2D eigenvalue weighted by atomic mass is 16.1. The van der Waals surface area contributed by atoms with Gasteiger partial charge < -0.3 is 10.3 Å². The normalized spacial score (nSPS) is 22.0. The third-order valence-corrected chi connectivity index (χ3v) is 3.78. The third kappa shape index (κ3) is 3.13. The van der Waals surface area contributed by atoms with Gasteiger partial charge in [0.1, 0.15) is 11.9 Å². The number of imidazole rings is 1. The van der Waals surface area contributed by atoms with Gasteiger partial charge in [0.25, 0.3) is 0 Å². The molecule has 0 saturated carbocycles. The molecule has 2 heterocycles. The van der Waals surface area contributed by atoms with E-state index in [1.165, 1.54) is 0 Å². The Morgan fingerprint density at radius 1 is 1.53 bits per heavy atom. The van der Waals surface area contributed by atoms with Crippen LogP contribution in [0.1, 0.15) is 19.7 Å². The van der Waals surface area contributed by atoms with Gasteiger partial charge in [0.05, 0.1) is 6.54 Å². The number of hydrogen-bond acceptors (Lipinski definition) is 4. The van der Waals surface area contributed by atoms with Gasteiger partial charge in [-0.3, -0.25) is 14.6 Å². The lowest BCUT2D eigenvalue weighted by molar-refractivity contribution is -0.126. The van der Waals surface area contributed by atoms with E-state index in [0.717, 1.165) is 25.5 Å². The number of primary amides is 1. The van der Waals surface area contributed by atoms with Gasteiger partial charge in [-0.2, -0.15) is 0 Å². The van der Waals surface area contributed by atoms with Gasteiger partial charge in [0.2, 0.25) is 5.91 Å². The summed E-state index contributed by atoms with van der Waals surface area (Å²) in [6.07, 6.45) is 3.73. The monoisotopic (exact) mass is 265 g/mol. The Morgan fingerprint density at radius 2 is 2.26 bits per heavy atom. The van der Waals surface area contributed by atoms with Crippen LogP contribution in [0.5, 0.6) is 0 Å². The van der Waals surface area contributed by atoms with Crippen LogP contribution in [-0.2, 0) is 18.4 Å². The quantitative estimate of drug-likeness (QED) is 0.819. The molecule has 1 unspecified atom stereocenters. The molecule has 106 valence electrons. The molecular formula is C13H23N5O. The summed E-state index contributed by atoms with van der Waals surface area (Å²) < 4.78 is 2.01. The zero-order chi connectivity index (χ0) is 14.0. The number of aryl methyl sites for hydroxylation is 1. The van der Waals surface area contributed by atoms with Crippen molar-refractivity contribution in [2.45, 2.75) is 32.5 Å². The molecule has 0 radical (unpaired) electrons. The Bertz CT molecular complexity index is 442. The number of amides is 1. The number of nitrogens with zero attached hydrogens (tertiary/aromatic N) is 4. The van der Waals surface area contributed by atoms with Gasteiger partial charge in [-0.1, -0.05) is 0 Å². The first-order valence-corrected chi connectivity index (χ1v) is 6.72. The maximum Gasteiger partial charge on any atom is 0.236 e. The minimum absolute atomic E-state index is 0.200. The van der Waals surface area contributed by atoms with E-state index < -0.39 is 0 Å². The maximum atomic E-state index is 11.6. The minimum atomic E-state index is -0.238. The van der Waals surface area contributed by atoms with Crippen molar-refractivity contribution in [3.05, 3.63) is 18.2 Å². The van der Waals surface area contributed by atoms with Gasteiger partial charge in [-0.15, -0.1) is 0 Å². The van der Waals surface area contributed by atoms with E-state index in [-0.39, 0.29) is 11.9 Å². The van der Waals surface area contributed by atoms with Crippen molar-refractivity contribution in [2.75, 3.05) is 19.6 Å². The maximum absolute atomic E-state index is 11.6. The van der Waals surface area contributed by atoms with Crippen LogP contribution in [0.2, 0.25) is 0 Å². The Labute approximate surface area is 114 Å². The molecular weight excluding hydrogens is 242 g/mol. The summed E-state index contributed by atoms with van der Waals surface area (Å²) in [5.41, 5.74) is 5.53. The molecule has 0 aliphatic carbocycles. The largest absolute Gasteiger partial charge is 0.368 e. The summed E-state index contributed by atoms with van der Waals surface area (Å²) >= 11 is 0. The molecule has 1 aromatic heterocycles. The molecule has 1 amide bonds. The highest BCUT2D eigenvalue weighted by Crippen LogP contribution is 2.15. The van der Waals surface area contributed by atoms with E-state index in [9.17, 15) is 4.79 Å². The van der Waals surface area contributed by atoms with Gasteiger partial charge >= 0.3 is 0 Å². The van der Waals surface area contributed by atoms with E-state index >= 15 is 0 Å². The van der Waals surface area contributed by atoms with E-state index in [1.807, 2.05) is 17.8 Å². The lowest BCUT2D eigenvalue weighted by Crippen LogP contribution is -2.59. The Balaban J connectivity index is 2.03. The molecule has 2 N–H and O–H groups in total. The number of rotatable bonds is 4. The first kappa shape index (κ1) is 14.0. The number of hydrogen-bond donors (Lipinski definition) is 1. The Morgan fingerprint density at radius 3 is 2.79 bits per heavy atom. The van der Waals surface area contributed by atoms with Crippen molar-refractivity contribution in [3.8, 4) is 0 Å². The van der Waals surface area contributed by atoms with E-state index in [4.69, 9.17) is 5.73 Å². The number of carbonyl (C=O) groups excluding carboxylic acids is 1. The fourth-order valence-electron chi connectivity index (χ4n) is 2.62. The standard InChI is InChI=1S/C13H23N5O/c1-10(2)18-7-6-17(8-11(18)13(14)19)9-12-15-4-5-16(12)3/h4-5,10-11H,6-9H2,1-3H3,(H2,14,19). The molecule has 0 spiro atoms. The molecule has 1 saturated heterocycles. The SMILES string of the molecule is CC(C)N1CCN(Cc2nccn2C)CC1C(N)=O. The van der Waals surface area contributed by atoms with E-state index in [2.05, 4.69) is 28.6 Å². The van der Waals surface area contributed by atoms with Crippen molar-refractivity contribution in [1.29, 1.82) is 0 Å². The zero-order valence-corrected chi connectivity index (χ0v) is 11.9. The van der Waals surface area contributed by atoms with Crippen LogP contribution in [0.4, 0.5) is 0 Å². The molecule has 0 bridgehead atoms. The molecule has 1 atom stereocenters. The minimum Gasteiger partial charge on any atom is -0.368 e. The smallest absolute Gasteiger partial charge is 0.236 e. The van der Waals surface area contributed by atoms with E-state index in [0.29, 0.717) is 12.6 Å². The van der Waals surface area contributed by atoms with Crippen LogP contribution < -0.4 is 5.73 Å². The number of piperazine rings is 1. The average molecular weight is 265 g/mol. The first-order valence-electron chi connectivity index (χ1n) is 6.72. The third-order valence-electron chi connectivity index (χ3n) is 3.78. The molecule has 19 heavy (non-hydrogen) atoms. The summed E-state index contributed by atoms with van der Waals surface area (Å²) in [5, 5.41) is 0. The van der Waals surface area contributed by atoms with Crippen LogP contribution in [0.25, 0.3) is 0 Å². The predicted molar refractivity (Wildman–Crippen MR) is 73.3 cm³/mol. The molecule has 6 nitrogen and oxygen atoms in total. The molecule has 1 fully saturated rings. The topological polar surface area (TPSA) is 67.4 Å². The van der Waals surface area contributed by atoms with Crippen molar-refractivity contribution < 1.29 is 4.79 Å². The number of nitrogens with two attached hydrogens (primary N) is 1. The van der Waals surface area contributed by atoms with Crippen LogP contribution in [0.3, 0.4) is 0 Å². The van der Waals surface area contributed by atoms with Gasteiger partial charge in [-0.25, -0.2) is 4.98 Å². The Hall–Kier alpha value is -1.40. The fraction of sp³-hybridized carbons (Fsp3) is 0.692. The second-order valence-electron chi connectivity index (χ2n) is 5.44. The second kappa shape index (κ2) is 5.71. The van der Waals surface area contributed by atoms with Crippen molar-refractivity contribution in [1.82, 2.24) is 19.4 Å². The summed E-state index contributed by atoms with van der Waals surface area (Å²) in [6.45, 7) is 7.46. The summed E-state index contributed by atoms with van der Waals surface area (Å²) in [5.74, 6) is 0.777. The average Bonchev–Trinajstić information content (AvgIpc) is 2.74. The van der Waals surface area contributed by atoms with E-state index in [1.54, 1.807) is 6.20 Å². The molecule has 1 aromatic rings. The lowest BCUT2D eigenvalue weighted by Gasteiger charge is -2.41. The lowest BCUT2D eigenvalue weighted by atomic mass is 10.1. The van der Waals surface area contributed by atoms with Crippen LogP contribution in [0.15, 0.2) is 12.4 Å². The molecule has 6 heteroatoms. The number of carbonyl (C=O) groups is 1. The molecule has 1 aliphatic heterocycles. The van der Waals surface area contributed by atoms with Crippen LogP contribution in [0, 0.1) is 0 Å². The van der Waals surface area contributed by atoms with Gasteiger partial charge in [0, 0.05) is 45.1 Å². The van der Waals surface area contributed by atoms with Crippen molar-refractivity contribution in [2.24, 2.45) is 12.8 Å². The summed E-state index contributed by atoms with van der Waals surface area (Å²) in [6, 6.07) is 0.141. The second-order valence-corrected chi connectivity index (χ2v) is 5.44. The summed E-state index contributed by atoms with van der Waals surface area (Å²) in [4.78, 5) is 20.4. The van der Waals surface area contributed by atoms with Gasteiger partial charge in [0.15, 0.2) is 0 Å². The highest BCUT2D eigenvalue weighted by molar-refractivity contribution is 5.80. The van der Waals surface area contributed by atoms with Crippen molar-refractivity contribution >= 4 is 5.91 Å². The fourth-order valence-corrected chi connectivity index (χ4v) is 2.62. The van der Waals surface area contributed by atoms with Crippen molar-refractivity contribution in [3.63, 3.8) is 0 Å². The highest BCUT2D eigenvalue weighted by Gasteiger charge is 2.32.